The van der Waals surface area contributed by atoms with Gasteiger partial charge in [0, 0.05) is 37.7 Å². The van der Waals surface area contributed by atoms with Gasteiger partial charge in [-0.25, -0.2) is 4.98 Å². The Morgan fingerprint density at radius 1 is 1.10 bits per heavy atom. The van der Waals surface area contributed by atoms with Crippen molar-refractivity contribution in [2.45, 2.75) is 25.6 Å². The van der Waals surface area contributed by atoms with Gasteiger partial charge in [-0.2, -0.15) is 0 Å². The Bertz CT molecular complexity index is 1030. The quantitative estimate of drug-likeness (QED) is 0.728. The molecule has 0 unspecified atom stereocenters. The van der Waals surface area contributed by atoms with E-state index >= 15 is 0 Å². The highest BCUT2D eigenvalue weighted by molar-refractivity contribution is 5.99. The number of nitrogens with one attached hydrogen (secondary N) is 1. The number of fused-ring (bicyclic) bond motifs is 1. The van der Waals surface area contributed by atoms with E-state index in [1.165, 1.54) is 5.56 Å². The van der Waals surface area contributed by atoms with Crippen LogP contribution in [0.25, 0.3) is 11.0 Å². The fraction of sp³-hybridized carbons (Fsp3) is 0.364. The minimum atomic E-state index is -0.507. The first kappa shape index (κ1) is 18.1. The van der Waals surface area contributed by atoms with Crippen molar-refractivity contribution < 1.29 is 18.7 Å². The van der Waals surface area contributed by atoms with Crippen LogP contribution in [0.5, 0.6) is 0 Å². The molecule has 0 atom stereocenters. The van der Waals surface area contributed by atoms with Crippen molar-refractivity contribution in [2.24, 2.45) is 0 Å². The number of aromatic nitrogens is 1. The van der Waals surface area contributed by atoms with Crippen molar-refractivity contribution >= 4 is 28.4 Å². The van der Waals surface area contributed by atoms with Gasteiger partial charge in [0.2, 0.25) is 0 Å². The molecule has 3 aromatic rings. The van der Waals surface area contributed by atoms with E-state index in [2.05, 4.69) is 10.3 Å². The maximum atomic E-state index is 13.1. The Kier molecular flexibility index (Phi) is 4.49. The molecule has 4 heterocycles. The number of nitrogens with zero attached hydrogens (tertiary/aromatic N) is 2. The van der Waals surface area contributed by atoms with E-state index in [1.54, 1.807) is 12.3 Å². The number of pyridine rings is 1. The summed E-state index contributed by atoms with van der Waals surface area (Å²) >= 11 is 0. The first-order chi connectivity index (χ1) is 14.1. The zero-order chi connectivity index (χ0) is 19.8. The number of carbonyl (C=O) groups excluding carboxylic acids is 1. The summed E-state index contributed by atoms with van der Waals surface area (Å²) in [5, 5.41) is 4.16. The summed E-state index contributed by atoms with van der Waals surface area (Å²) in [4.78, 5) is 19.6. The number of amides is 1. The number of rotatable bonds is 3. The zero-order valence-corrected chi connectivity index (χ0v) is 16.3. The number of aryl methyl sites for hydroxylation is 1. The first-order valence-electron chi connectivity index (χ1n) is 9.91. The minimum absolute atomic E-state index is 0.108. The van der Waals surface area contributed by atoms with Crippen LogP contribution in [0, 0.1) is 6.92 Å². The maximum absolute atomic E-state index is 13.1. The summed E-state index contributed by atoms with van der Waals surface area (Å²) in [6.45, 7) is 4.45. The van der Waals surface area contributed by atoms with Gasteiger partial charge < -0.3 is 24.1 Å². The molecule has 0 bridgehead atoms. The fourth-order valence-electron chi connectivity index (χ4n) is 3.94. The second-order valence-electron chi connectivity index (χ2n) is 7.58. The van der Waals surface area contributed by atoms with Crippen molar-refractivity contribution in [1.82, 2.24) is 9.88 Å². The highest BCUT2D eigenvalue weighted by Crippen LogP contribution is 2.32. The van der Waals surface area contributed by atoms with Crippen LogP contribution >= 0.6 is 0 Å². The summed E-state index contributed by atoms with van der Waals surface area (Å²) in [6.07, 6.45) is 2.97. The number of benzene rings is 1. The third kappa shape index (κ3) is 3.47. The molecule has 2 fully saturated rings. The molecule has 0 saturated carbocycles. The molecule has 1 spiro atoms. The van der Waals surface area contributed by atoms with Gasteiger partial charge in [0.1, 0.15) is 17.1 Å². The Morgan fingerprint density at radius 2 is 1.83 bits per heavy atom. The zero-order valence-electron chi connectivity index (χ0n) is 16.3. The minimum Gasteiger partial charge on any atom is -0.464 e. The topological polar surface area (TPSA) is 76.8 Å². The maximum Gasteiger partial charge on any atom is 0.272 e. The van der Waals surface area contributed by atoms with Crippen LogP contribution in [0.1, 0.15) is 28.9 Å². The third-order valence-electron chi connectivity index (χ3n) is 5.61. The van der Waals surface area contributed by atoms with Gasteiger partial charge in [0.05, 0.1) is 24.9 Å². The van der Waals surface area contributed by atoms with Crippen molar-refractivity contribution in [2.75, 3.05) is 31.6 Å². The number of hydrogen-bond donors (Lipinski definition) is 1. The monoisotopic (exact) mass is 393 g/mol. The molecule has 29 heavy (non-hydrogen) atoms. The van der Waals surface area contributed by atoms with Crippen molar-refractivity contribution in [1.29, 1.82) is 0 Å². The van der Waals surface area contributed by atoms with Gasteiger partial charge in [0.25, 0.3) is 5.91 Å². The second kappa shape index (κ2) is 7.17. The average molecular weight is 393 g/mol. The van der Waals surface area contributed by atoms with Crippen molar-refractivity contribution in [3.63, 3.8) is 0 Å². The highest BCUT2D eigenvalue weighted by atomic mass is 16.7. The number of carbonyl (C=O) groups is 1. The van der Waals surface area contributed by atoms with Gasteiger partial charge in [-0.3, -0.25) is 4.79 Å². The number of furan rings is 1. The van der Waals surface area contributed by atoms with Crippen LogP contribution in [0.2, 0.25) is 0 Å². The molecule has 5 rings (SSSR count). The molecule has 7 nitrogen and oxygen atoms in total. The van der Waals surface area contributed by atoms with Crippen molar-refractivity contribution in [3.8, 4) is 0 Å². The molecule has 2 aliphatic heterocycles. The predicted octanol–water partition coefficient (Wildman–Crippen LogP) is 3.86. The number of piperidine rings is 1. The Balaban J connectivity index is 1.40. The van der Waals surface area contributed by atoms with Crippen LogP contribution in [0.4, 0.5) is 11.5 Å². The van der Waals surface area contributed by atoms with Crippen LogP contribution < -0.4 is 5.32 Å². The second-order valence-corrected chi connectivity index (χ2v) is 7.58. The Morgan fingerprint density at radius 3 is 2.55 bits per heavy atom. The van der Waals surface area contributed by atoms with Crippen LogP contribution in [-0.4, -0.2) is 47.9 Å². The normalized spacial score (nSPS) is 18.4. The fourth-order valence-corrected chi connectivity index (χ4v) is 3.94. The molecular weight excluding hydrogens is 370 g/mol. The van der Waals surface area contributed by atoms with E-state index in [0.717, 1.165) is 11.1 Å². The molecule has 2 saturated heterocycles. The van der Waals surface area contributed by atoms with Gasteiger partial charge in [-0.15, -0.1) is 0 Å². The lowest BCUT2D eigenvalue weighted by atomic mass is 10.0. The lowest BCUT2D eigenvalue weighted by Gasteiger charge is -2.37. The number of anilines is 2. The molecule has 2 aliphatic rings. The summed E-state index contributed by atoms with van der Waals surface area (Å²) < 4.78 is 17.1. The van der Waals surface area contributed by atoms with E-state index in [1.807, 2.05) is 42.2 Å². The predicted molar refractivity (Wildman–Crippen MR) is 108 cm³/mol. The smallest absolute Gasteiger partial charge is 0.272 e. The summed E-state index contributed by atoms with van der Waals surface area (Å²) in [5.41, 5.74) is 3.09. The molecule has 1 aromatic carbocycles. The van der Waals surface area contributed by atoms with Gasteiger partial charge in [-0.1, -0.05) is 17.7 Å². The number of likely N-dealkylation sites (tertiary alicyclic amines) is 1. The van der Waals surface area contributed by atoms with E-state index < -0.39 is 5.79 Å². The molecule has 7 heteroatoms. The Labute approximate surface area is 168 Å². The van der Waals surface area contributed by atoms with Crippen LogP contribution in [0.15, 0.2) is 47.1 Å². The molecule has 1 amide bonds. The van der Waals surface area contributed by atoms with E-state index in [4.69, 9.17) is 13.9 Å². The summed E-state index contributed by atoms with van der Waals surface area (Å²) in [6, 6.07) is 11.6. The number of ether oxygens (including phenoxy) is 2. The SMILES string of the molecule is Cc1ccc(Nc2nc(C(=O)N3CCC4(CC3)OCCO4)cc3occc23)cc1. The third-order valence-corrected chi connectivity index (χ3v) is 5.61. The highest BCUT2D eigenvalue weighted by Gasteiger charge is 2.41. The first-order valence-corrected chi connectivity index (χ1v) is 9.91. The molecule has 0 radical (unpaired) electrons. The Hall–Kier alpha value is -2.90. The molecule has 150 valence electrons. The molecule has 1 N–H and O–H groups in total. The van der Waals surface area contributed by atoms with Gasteiger partial charge in [-0.05, 0) is 25.1 Å². The van der Waals surface area contributed by atoms with E-state index in [9.17, 15) is 4.79 Å². The van der Waals surface area contributed by atoms with Crippen LogP contribution in [-0.2, 0) is 9.47 Å². The average Bonchev–Trinajstić information content (AvgIpc) is 3.40. The molecular formula is C22H23N3O4. The van der Waals surface area contributed by atoms with Crippen molar-refractivity contribution in [3.05, 3.63) is 53.9 Å². The lowest BCUT2D eigenvalue weighted by Crippen LogP contribution is -2.47. The molecule has 2 aromatic heterocycles. The van der Waals surface area contributed by atoms with Gasteiger partial charge in [0.15, 0.2) is 5.79 Å². The number of hydrogen-bond acceptors (Lipinski definition) is 6. The standard InChI is InChI=1S/C22H23N3O4/c1-15-2-4-16(5-3-15)23-20-17-6-11-27-19(17)14-18(24-20)21(26)25-9-7-22(8-10-25)28-12-13-29-22/h2-6,11,14H,7-10,12-13H2,1H3,(H,23,24). The molecule has 0 aliphatic carbocycles. The van der Waals surface area contributed by atoms with Gasteiger partial charge >= 0.3 is 0 Å². The summed E-state index contributed by atoms with van der Waals surface area (Å²) in [7, 11) is 0. The van der Waals surface area contributed by atoms with Crippen LogP contribution in [0.3, 0.4) is 0 Å². The van der Waals surface area contributed by atoms with E-state index in [0.29, 0.717) is 56.2 Å². The van der Waals surface area contributed by atoms with E-state index in [-0.39, 0.29) is 5.91 Å². The largest absolute Gasteiger partial charge is 0.464 e. The summed E-state index contributed by atoms with van der Waals surface area (Å²) in [5.74, 6) is -0.00431. The lowest BCUT2D eigenvalue weighted by molar-refractivity contribution is -0.181.